The quantitative estimate of drug-likeness (QED) is 0.0825. The minimum atomic E-state index is -1.43. The van der Waals surface area contributed by atoms with Crippen molar-refractivity contribution >= 4 is 52.6 Å². The maximum atomic E-state index is 11.4. The van der Waals surface area contributed by atoms with Crippen LogP contribution in [0.25, 0.3) is 0 Å². The molecule has 0 aromatic heterocycles. The number of ether oxygens (including phenoxy) is 6. The van der Waals surface area contributed by atoms with Crippen LogP contribution in [0.15, 0.2) is 0 Å². The van der Waals surface area contributed by atoms with Crippen LogP contribution >= 0.6 is 0 Å². The first-order chi connectivity index (χ1) is 20.5. The summed E-state index contributed by atoms with van der Waals surface area (Å²) in [6.45, 7) is 20.9. The van der Waals surface area contributed by atoms with E-state index in [2.05, 4.69) is 0 Å². The number of hydrogen-bond donors (Lipinski definition) is 0. The third-order valence-corrected chi connectivity index (χ3v) is 4.12. The summed E-state index contributed by atoms with van der Waals surface area (Å²) >= 11 is 0. The van der Waals surface area contributed by atoms with Gasteiger partial charge in [0.1, 0.15) is 0 Å². The molecule has 16 heteroatoms. The van der Waals surface area contributed by atoms with Gasteiger partial charge in [-0.25, -0.2) is 0 Å². The van der Waals surface area contributed by atoms with Crippen LogP contribution in [0.1, 0.15) is 102 Å². The molecule has 0 amide bonds. The Bertz CT molecular complexity index is 757. The average Bonchev–Trinajstić information content (AvgIpc) is 2.80. The minimum absolute atomic E-state index is 0. The Morgan fingerprint density at radius 3 is 0.587 bits per heavy atom. The number of carbonyl (C=O) groups excluding carboxylic acids is 6. The van der Waals surface area contributed by atoms with Crippen LogP contribution in [0.3, 0.4) is 0 Å². The monoisotopic (exact) mass is 678 g/mol. The molecule has 0 rings (SSSR count). The summed E-state index contributed by atoms with van der Waals surface area (Å²) < 4.78 is 31.0. The fourth-order valence-electron chi connectivity index (χ4n) is 2.71. The molecule has 0 saturated carbocycles. The van der Waals surface area contributed by atoms with Gasteiger partial charge in [0.05, 0.1) is 55.9 Å². The summed E-state index contributed by atoms with van der Waals surface area (Å²) in [7, 11) is 0. The summed E-state index contributed by atoms with van der Waals surface area (Å²) in [5.74, 6) is -6.16. The van der Waals surface area contributed by atoms with Gasteiger partial charge < -0.3 is 58.1 Å². The molecule has 0 fully saturated rings. The van der Waals surface area contributed by atoms with E-state index in [0.717, 1.165) is 0 Å². The Balaban J connectivity index is -0.000000285. The summed E-state index contributed by atoms with van der Waals surface area (Å²) in [5.41, 5.74) is 0. The van der Waals surface area contributed by atoms with Gasteiger partial charge in [-0.3, -0.25) is 14.4 Å². The molecule has 0 atom stereocenters. The fraction of sp³-hybridized carbons (Fsp3) is 0.800. The van der Waals surface area contributed by atoms with Crippen LogP contribution in [0, 0.1) is 0 Å². The molecule has 0 aliphatic rings. The molecule has 0 saturated heterocycles. The van der Waals surface area contributed by atoms with Crippen molar-refractivity contribution in [2.45, 2.75) is 158 Å². The van der Waals surface area contributed by atoms with E-state index < -0.39 is 73.4 Å². The van der Waals surface area contributed by atoms with Gasteiger partial charge in [0.2, 0.25) is 18.9 Å². The van der Waals surface area contributed by atoms with E-state index in [9.17, 15) is 44.1 Å². The standard InChI is InChI=1S/3C10H18O5.Al/c3*1-6(2)14-10(15-7(3)4)8(11)5-9(12)13;/h3*6-7,10H,5H2,1-4H3,(H,12,13);/q;;;+3/p-3. The fourth-order valence-corrected chi connectivity index (χ4v) is 2.71. The van der Waals surface area contributed by atoms with E-state index in [-0.39, 0.29) is 54.0 Å². The number of rotatable bonds is 21. The molecule has 0 spiro atoms. The van der Waals surface area contributed by atoms with E-state index in [1.165, 1.54) is 0 Å². The van der Waals surface area contributed by atoms with Gasteiger partial charge in [-0.15, -0.1) is 0 Å². The number of Topliss-reactive ketones (excluding diaryl/α,β-unsaturated/α-hetero) is 3. The number of aliphatic carboxylic acids is 3. The van der Waals surface area contributed by atoms with Gasteiger partial charge in [0, 0.05) is 17.9 Å². The van der Waals surface area contributed by atoms with Crippen molar-refractivity contribution in [2.75, 3.05) is 0 Å². The molecule has 15 nitrogen and oxygen atoms in total. The zero-order valence-electron chi connectivity index (χ0n) is 29.0. The zero-order chi connectivity index (χ0) is 36.0. The van der Waals surface area contributed by atoms with E-state index in [1.54, 1.807) is 83.1 Å². The summed E-state index contributed by atoms with van der Waals surface area (Å²) in [6.07, 6.45) is -6.69. The number of hydrogen-bond acceptors (Lipinski definition) is 15. The maximum Gasteiger partial charge on any atom is 3.00 e. The topological polar surface area (TPSA) is 227 Å². The molecule has 0 bridgehead atoms. The van der Waals surface area contributed by atoms with Crippen LogP contribution in [-0.4, -0.2) is 108 Å². The second-order valence-electron chi connectivity index (χ2n) is 11.2. The summed E-state index contributed by atoms with van der Waals surface area (Å²) in [6, 6.07) is 0. The first kappa shape index (κ1) is 50.6. The Hall–Kier alpha value is -2.29. The first-order valence-corrected chi connectivity index (χ1v) is 14.6. The van der Waals surface area contributed by atoms with E-state index in [4.69, 9.17) is 28.4 Å². The Labute approximate surface area is 282 Å². The van der Waals surface area contributed by atoms with Crippen LogP contribution in [0.2, 0.25) is 0 Å². The third kappa shape index (κ3) is 33.1. The molecule has 0 heterocycles. The Morgan fingerprint density at radius 2 is 0.500 bits per heavy atom. The van der Waals surface area contributed by atoms with Gasteiger partial charge in [-0.05, 0) is 83.1 Å². The molecule has 0 aromatic carbocycles. The molecule has 0 aliphatic heterocycles. The minimum Gasteiger partial charge on any atom is -0.550 e. The maximum absolute atomic E-state index is 11.4. The average molecular weight is 679 g/mol. The van der Waals surface area contributed by atoms with Crippen molar-refractivity contribution in [2.24, 2.45) is 0 Å². The Kier molecular flexibility index (Phi) is 30.5. The predicted octanol–water partition coefficient (Wildman–Crippen LogP) is -0.766. The molecular formula is C30H51AlO15. The normalized spacial score (nSPS) is 11.2. The van der Waals surface area contributed by atoms with Crippen molar-refractivity contribution < 1.29 is 72.5 Å². The van der Waals surface area contributed by atoms with Crippen LogP contribution in [0.5, 0.6) is 0 Å². The van der Waals surface area contributed by atoms with Crippen LogP contribution < -0.4 is 15.3 Å². The van der Waals surface area contributed by atoms with Gasteiger partial charge in [-0.1, -0.05) is 0 Å². The second-order valence-corrected chi connectivity index (χ2v) is 11.2. The predicted molar refractivity (Wildman–Crippen MR) is 158 cm³/mol. The van der Waals surface area contributed by atoms with Crippen molar-refractivity contribution in [3.63, 3.8) is 0 Å². The number of carboxylic acids is 3. The Morgan fingerprint density at radius 1 is 0.370 bits per heavy atom. The van der Waals surface area contributed by atoms with Gasteiger partial charge in [0.15, 0.2) is 17.3 Å². The van der Waals surface area contributed by atoms with Crippen molar-refractivity contribution in [3.05, 3.63) is 0 Å². The smallest absolute Gasteiger partial charge is 0.550 e. The number of carbonyl (C=O) groups is 6. The van der Waals surface area contributed by atoms with Crippen LogP contribution in [-0.2, 0) is 57.2 Å². The van der Waals surface area contributed by atoms with Crippen LogP contribution in [0.4, 0.5) is 0 Å². The first-order valence-electron chi connectivity index (χ1n) is 14.6. The molecule has 0 unspecified atom stereocenters. The molecular weight excluding hydrogens is 627 g/mol. The molecule has 46 heavy (non-hydrogen) atoms. The second kappa shape index (κ2) is 27.8. The van der Waals surface area contributed by atoms with Crippen molar-refractivity contribution in [1.82, 2.24) is 0 Å². The molecule has 264 valence electrons. The number of carboxylic acid groups (broad SMARTS) is 3. The molecule has 0 N–H and O–H groups in total. The van der Waals surface area contributed by atoms with Gasteiger partial charge in [-0.2, -0.15) is 0 Å². The summed E-state index contributed by atoms with van der Waals surface area (Å²) in [4.78, 5) is 64.8. The van der Waals surface area contributed by atoms with Gasteiger partial charge in [0.25, 0.3) is 0 Å². The van der Waals surface area contributed by atoms with E-state index >= 15 is 0 Å². The van der Waals surface area contributed by atoms with E-state index in [0.29, 0.717) is 0 Å². The summed E-state index contributed by atoms with van der Waals surface area (Å²) in [5, 5.41) is 30.7. The zero-order valence-corrected chi connectivity index (χ0v) is 30.2. The largest absolute Gasteiger partial charge is 3.00 e. The number of ketones is 3. The molecule has 0 radical (unpaired) electrons. The van der Waals surface area contributed by atoms with Crippen molar-refractivity contribution in [3.8, 4) is 0 Å². The molecule has 0 aromatic rings. The van der Waals surface area contributed by atoms with Gasteiger partial charge >= 0.3 is 17.4 Å². The van der Waals surface area contributed by atoms with E-state index in [1.807, 2.05) is 0 Å². The SMILES string of the molecule is CC(C)OC(OC(C)C)C(=O)CC(=O)[O-].CC(C)OC(OC(C)C)C(=O)CC(=O)[O-].CC(C)OC(OC(C)C)C(=O)CC(=O)[O-].[Al+3]. The van der Waals surface area contributed by atoms with Crippen molar-refractivity contribution in [1.29, 1.82) is 0 Å². The molecule has 0 aliphatic carbocycles. The third-order valence-electron chi connectivity index (χ3n) is 4.12.